The van der Waals surface area contributed by atoms with Crippen molar-refractivity contribution in [2.75, 3.05) is 6.61 Å². The normalized spacial score (nSPS) is 12.2. The van der Waals surface area contributed by atoms with E-state index in [1.165, 1.54) is 18.9 Å². The maximum absolute atomic E-state index is 10.9. The second kappa shape index (κ2) is 7.71. The summed E-state index contributed by atoms with van der Waals surface area (Å²) < 4.78 is 5.54. The Bertz CT molecular complexity index is 421. The van der Waals surface area contributed by atoms with E-state index < -0.39 is 5.97 Å². The maximum atomic E-state index is 10.9. The first-order valence-electron chi connectivity index (χ1n) is 6.78. The minimum Gasteiger partial charge on any atom is -0.477 e. The van der Waals surface area contributed by atoms with E-state index >= 15 is 0 Å². The molecule has 0 aliphatic carbocycles. The number of nitrogens with zero attached hydrogens (tertiary/aromatic N) is 2. The van der Waals surface area contributed by atoms with Crippen molar-refractivity contribution in [1.82, 2.24) is 9.97 Å². The van der Waals surface area contributed by atoms with Crippen molar-refractivity contribution in [1.29, 1.82) is 0 Å². The van der Waals surface area contributed by atoms with Gasteiger partial charge >= 0.3 is 12.0 Å². The van der Waals surface area contributed by atoms with Gasteiger partial charge in [-0.25, -0.2) is 9.78 Å². The zero-order chi connectivity index (χ0) is 14.3. The fourth-order valence-electron chi connectivity index (χ4n) is 1.81. The standard InChI is InChI=1S/C14H22N2O3/c1-4-6-7-11(5-2)9-19-14-15-10(3)8-12(16-14)13(17)18/h8,11H,4-7,9H2,1-3H3,(H,17,18). The first kappa shape index (κ1) is 15.4. The average Bonchev–Trinajstić information content (AvgIpc) is 2.38. The molecular formula is C14H22N2O3. The Hall–Kier alpha value is -1.65. The van der Waals surface area contributed by atoms with Crippen molar-refractivity contribution in [3.63, 3.8) is 0 Å². The molecule has 0 aliphatic heterocycles. The highest BCUT2D eigenvalue weighted by molar-refractivity contribution is 5.85. The summed E-state index contributed by atoms with van der Waals surface area (Å²) in [4.78, 5) is 18.9. The van der Waals surface area contributed by atoms with Crippen molar-refractivity contribution in [3.8, 4) is 6.01 Å². The highest BCUT2D eigenvalue weighted by atomic mass is 16.5. The number of ether oxygens (including phenoxy) is 1. The molecule has 1 rings (SSSR count). The molecule has 1 aromatic heterocycles. The first-order valence-corrected chi connectivity index (χ1v) is 6.78. The van der Waals surface area contributed by atoms with Crippen LogP contribution in [0.4, 0.5) is 0 Å². The van der Waals surface area contributed by atoms with Crippen LogP contribution in [0, 0.1) is 12.8 Å². The monoisotopic (exact) mass is 266 g/mol. The zero-order valence-corrected chi connectivity index (χ0v) is 11.8. The molecule has 0 spiro atoms. The first-order chi connectivity index (χ1) is 9.06. The second-order valence-corrected chi connectivity index (χ2v) is 4.71. The second-order valence-electron chi connectivity index (χ2n) is 4.71. The third-order valence-corrected chi connectivity index (χ3v) is 3.04. The molecule has 0 aliphatic rings. The fraction of sp³-hybridized carbons (Fsp3) is 0.643. The Morgan fingerprint density at radius 3 is 2.74 bits per heavy atom. The summed E-state index contributed by atoms with van der Waals surface area (Å²) in [5.41, 5.74) is 0.577. The summed E-state index contributed by atoms with van der Waals surface area (Å²) in [6.45, 7) is 6.56. The van der Waals surface area contributed by atoms with Crippen LogP contribution in [-0.2, 0) is 0 Å². The van der Waals surface area contributed by atoms with Gasteiger partial charge < -0.3 is 9.84 Å². The van der Waals surface area contributed by atoms with E-state index in [1.807, 2.05) is 0 Å². The van der Waals surface area contributed by atoms with Crippen LogP contribution in [0.15, 0.2) is 6.07 Å². The topological polar surface area (TPSA) is 72.3 Å². The highest BCUT2D eigenvalue weighted by Crippen LogP contribution is 2.15. The van der Waals surface area contributed by atoms with Gasteiger partial charge in [0, 0.05) is 5.69 Å². The molecule has 1 unspecified atom stereocenters. The molecule has 0 fully saturated rings. The lowest BCUT2D eigenvalue weighted by atomic mass is 10.0. The lowest BCUT2D eigenvalue weighted by molar-refractivity contribution is 0.0688. The smallest absolute Gasteiger partial charge is 0.354 e. The minimum atomic E-state index is -1.06. The van der Waals surface area contributed by atoms with Gasteiger partial charge in [0.15, 0.2) is 5.69 Å². The molecule has 5 heteroatoms. The van der Waals surface area contributed by atoms with Gasteiger partial charge in [-0.2, -0.15) is 4.98 Å². The van der Waals surface area contributed by atoms with E-state index in [-0.39, 0.29) is 11.7 Å². The van der Waals surface area contributed by atoms with Gasteiger partial charge in [0.2, 0.25) is 0 Å². The van der Waals surface area contributed by atoms with Gasteiger partial charge in [-0.3, -0.25) is 0 Å². The molecule has 1 heterocycles. The third kappa shape index (κ3) is 5.24. The number of carboxylic acid groups (broad SMARTS) is 1. The van der Waals surface area contributed by atoms with Gasteiger partial charge in [-0.05, 0) is 25.3 Å². The number of hydrogen-bond donors (Lipinski definition) is 1. The molecule has 0 amide bonds. The van der Waals surface area contributed by atoms with Crippen molar-refractivity contribution < 1.29 is 14.6 Å². The van der Waals surface area contributed by atoms with Crippen LogP contribution in [0.1, 0.15) is 55.7 Å². The number of unbranched alkanes of at least 4 members (excludes halogenated alkanes) is 1. The Balaban J connectivity index is 2.63. The minimum absolute atomic E-state index is 0.0240. The Kier molecular flexibility index (Phi) is 6.25. The van der Waals surface area contributed by atoms with Crippen LogP contribution in [0.2, 0.25) is 0 Å². The number of aromatic nitrogens is 2. The number of aryl methyl sites for hydroxylation is 1. The maximum Gasteiger partial charge on any atom is 0.354 e. The van der Waals surface area contributed by atoms with E-state index in [1.54, 1.807) is 6.92 Å². The highest BCUT2D eigenvalue weighted by Gasteiger charge is 2.12. The molecule has 5 nitrogen and oxygen atoms in total. The van der Waals surface area contributed by atoms with Gasteiger partial charge in [-0.15, -0.1) is 0 Å². The van der Waals surface area contributed by atoms with E-state index in [9.17, 15) is 4.79 Å². The van der Waals surface area contributed by atoms with Crippen molar-refractivity contribution in [2.24, 2.45) is 5.92 Å². The van der Waals surface area contributed by atoms with Gasteiger partial charge in [0.05, 0.1) is 6.61 Å². The number of aromatic carboxylic acids is 1. The summed E-state index contributed by atoms with van der Waals surface area (Å²) in [5.74, 6) is -0.592. The predicted molar refractivity (Wildman–Crippen MR) is 72.5 cm³/mol. The fourth-order valence-corrected chi connectivity index (χ4v) is 1.81. The number of carboxylic acids is 1. The predicted octanol–water partition coefficient (Wildman–Crippen LogP) is 3.08. The molecule has 19 heavy (non-hydrogen) atoms. The van der Waals surface area contributed by atoms with Crippen LogP contribution < -0.4 is 4.74 Å². The number of carbonyl (C=O) groups is 1. The van der Waals surface area contributed by atoms with Gasteiger partial charge in [-0.1, -0.05) is 33.1 Å². The van der Waals surface area contributed by atoms with E-state index in [0.29, 0.717) is 18.2 Å². The summed E-state index contributed by atoms with van der Waals surface area (Å²) in [6, 6.07) is 1.59. The van der Waals surface area contributed by atoms with Crippen molar-refractivity contribution in [2.45, 2.75) is 46.5 Å². The Morgan fingerprint density at radius 1 is 1.42 bits per heavy atom. The quantitative estimate of drug-likeness (QED) is 0.782. The molecule has 0 saturated heterocycles. The molecule has 1 aromatic rings. The van der Waals surface area contributed by atoms with Crippen molar-refractivity contribution in [3.05, 3.63) is 17.5 Å². The van der Waals surface area contributed by atoms with Crippen LogP contribution in [0.5, 0.6) is 6.01 Å². The largest absolute Gasteiger partial charge is 0.477 e. The summed E-state index contributed by atoms with van der Waals surface area (Å²) >= 11 is 0. The van der Waals surface area contributed by atoms with Crippen LogP contribution in [-0.4, -0.2) is 27.7 Å². The molecular weight excluding hydrogens is 244 g/mol. The lowest BCUT2D eigenvalue weighted by Gasteiger charge is -2.14. The Morgan fingerprint density at radius 2 is 2.16 bits per heavy atom. The van der Waals surface area contributed by atoms with Crippen LogP contribution >= 0.6 is 0 Å². The van der Waals surface area contributed by atoms with Crippen LogP contribution in [0.3, 0.4) is 0 Å². The lowest BCUT2D eigenvalue weighted by Crippen LogP contribution is -2.14. The number of hydrogen-bond acceptors (Lipinski definition) is 4. The molecule has 106 valence electrons. The van der Waals surface area contributed by atoms with E-state index in [4.69, 9.17) is 9.84 Å². The Labute approximate surface area is 114 Å². The molecule has 0 bridgehead atoms. The molecule has 0 saturated carbocycles. The average molecular weight is 266 g/mol. The SMILES string of the molecule is CCCCC(CC)COc1nc(C)cc(C(=O)O)n1. The summed E-state index contributed by atoms with van der Waals surface area (Å²) in [6.07, 6.45) is 4.50. The van der Waals surface area contributed by atoms with Crippen molar-refractivity contribution >= 4 is 5.97 Å². The third-order valence-electron chi connectivity index (χ3n) is 3.04. The van der Waals surface area contributed by atoms with E-state index in [0.717, 1.165) is 12.8 Å². The van der Waals surface area contributed by atoms with Gasteiger partial charge in [0.25, 0.3) is 0 Å². The molecule has 0 aromatic carbocycles. The molecule has 1 N–H and O–H groups in total. The summed E-state index contributed by atoms with van der Waals surface area (Å²) in [7, 11) is 0. The summed E-state index contributed by atoms with van der Waals surface area (Å²) in [5, 5.41) is 8.93. The zero-order valence-electron chi connectivity index (χ0n) is 11.8. The van der Waals surface area contributed by atoms with Crippen LogP contribution in [0.25, 0.3) is 0 Å². The molecule has 0 radical (unpaired) electrons. The molecule has 1 atom stereocenters. The van der Waals surface area contributed by atoms with E-state index in [2.05, 4.69) is 23.8 Å². The van der Waals surface area contributed by atoms with Gasteiger partial charge in [0.1, 0.15) is 0 Å². The number of rotatable bonds is 8.